The van der Waals surface area contributed by atoms with Crippen LogP contribution in [0, 0.1) is 25.2 Å². The Kier molecular flexibility index (Phi) is 7.33. The molecule has 120 valence electrons. The third-order valence-electron chi connectivity index (χ3n) is 3.23. The van der Waals surface area contributed by atoms with E-state index in [1.807, 2.05) is 36.2 Å². The standard InChI is InChI=1S/C8H15N3.C8H11N3/c2*1-3-11-8(4-5-9)6-7(2)10-11/h6H,3-5,9H2,1-2H3;6H,3-4H2,1-2H3. The molecule has 2 rings (SSSR count). The van der Waals surface area contributed by atoms with Crippen LogP contribution >= 0.6 is 0 Å². The molecule has 0 atom stereocenters. The van der Waals surface area contributed by atoms with Crippen molar-refractivity contribution in [2.75, 3.05) is 6.54 Å². The van der Waals surface area contributed by atoms with Crippen LogP contribution < -0.4 is 5.73 Å². The Morgan fingerprint density at radius 1 is 1.05 bits per heavy atom. The summed E-state index contributed by atoms with van der Waals surface area (Å²) in [5, 5.41) is 17.0. The summed E-state index contributed by atoms with van der Waals surface area (Å²) in [5.74, 6) is 0. The van der Waals surface area contributed by atoms with Gasteiger partial charge in [0.25, 0.3) is 0 Å². The van der Waals surface area contributed by atoms with Crippen molar-refractivity contribution in [2.24, 2.45) is 5.73 Å². The number of hydrogen-bond acceptors (Lipinski definition) is 4. The highest BCUT2D eigenvalue weighted by Crippen LogP contribution is 2.04. The molecule has 0 spiro atoms. The minimum atomic E-state index is 0.453. The normalized spacial score (nSPS) is 10.0. The van der Waals surface area contributed by atoms with E-state index in [9.17, 15) is 0 Å². The third kappa shape index (κ3) is 5.01. The molecule has 0 saturated carbocycles. The predicted octanol–water partition coefficient (Wildman–Crippen LogP) is 1.99. The van der Waals surface area contributed by atoms with Gasteiger partial charge in [-0.15, -0.1) is 0 Å². The first kappa shape index (κ1) is 17.9. The van der Waals surface area contributed by atoms with E-state index in [0.29, 0.717) is 13.0 Å². The summed E-state index contributed by atoms with van der Waals surface area (Å²) in [6, 6.07) is 6.16. The van der Waals surface area contributed by atoms with Crippen molar-refractivity contribution in [3.63, 3.8) is 0 Å². The summed E-state index contributed by atoms with van der Waals surface area (Å²) in [7, 11) is 0. The fraction of sp³-hybridized carbons (Fsp3) is 0.562. The van der Waals surface area contributed by atoms with E-state index >= 15 is 0 Å². The lowest BCUT2D eigenvalue weighted by Crippen LogP contribution is -2.08. The second-order valence-electron chi connectivity index (χ2n) is 5.06. The van der Waals surface area contributed by atoms with Crippen LogP contribution in [0.3, 0.4) is 0 Å². The van der Waals surface area contributed by atoms with E-state index in [4.69, 9.17) is 11.0 Å². The Morgan fingerprint density at radius 2 is 1.55 bits per heavy atom. The van der Waals surface area contributed by atoms with Crippen molar-refractivity contribution in [2.45, 2.75) is 53.6 Å². The smallest absolute Gasteiger partial charge is 0.0771 e. The molecule has 0 aliphatic rings. The minimum Gasteiger partial charge on any atom is -0.330 e. The molecular weight excluding hydrogens is 276 g/mol. The molecule has 6 nitrogen and oxygen atoms in total. The number of nitrogens with zero attached hydrogens (tertiary/aromatic N) is 5. The van der Waals surface area contributed by atoms with Crippen molar-refractivity contribution >= 4 is 0 Å². The van der Waals surface area contributed by atoms with Gasteiger partial charge >= 0.3 is 0 Å². The van der Waals surface area contributed by atoms with Crippen molar-refractivity contribution in [3.05, 3.63) is 34.9 Å². The highest BCUT2D eigenvalue weighted by Gasteiger charge is 2.02. The second kappa shape index (κ2) is 9.00. The van der Waals surface area contributed by atoms with Gasteiger partial charge in [0.1, 0.15) is 0 Å². The Hall–Kier alpha value is -2.13. The zero-order valence-electron chi connectivity index (χ0n) is 14.0. The van der Waals surface area contributed by atoms with E-state index in [1.54, 1.807) is 0 Å². The second-order valence-corrected chi connectivity index (χ2v) is 5.06. The number of rotatable bonds is 5. The Morgan fingerprint density at radius 3 is 2.00 bits per heavy atom. The van der Waals surface area contributed by atoms with E-state index in [0.717, 1.165) is 36.6 Å². The fourth-order valence-electron chi connectivity index (χ4n) is 2.32. The molecule has 0 fully saturated rings. The Labute approximate surface area is 132 Å². The SMILES string of the molecule is CCn1nc(C)cc1CC#N.CCn1nc(C)cc1CCN. The molecule has 6 heteroatoms. The number of nitrogens with two attached hydrogens (primary N) is 1. The van der Waals surface area contributed by atoms with Gasteiger partial charge in [0.15, 0.2) is 0 Å². The van der Waals surface area contributed by atoms with Gasteiger partial charge in [-0.2, -0.15) is 15.5 Å². The van der Waals surface area contributed by atoms with Crippen LogP contribution in [-0.2, 0) is 25.9 Å². The maximum atomic E-state index is 8.46. The van der Waals surface area contributed by atoms with E-state index in [-0.39, 0.29) is 0 Å². The van der Waals surface area contributed by atoms with Gasteiger partial charge < -0.3 is 5.73 Å². The van der Waals surface area contributed by atoms with Gasteiger partial charge in [-0.1, -0.05) is 0 Å². The largest absolute Gasteiger partial charge is 0.330 e. The van der Waals surface area contributed by atoms with Crippen LogP contribution in [0.2, 0.25) is 0 Å². The molecule has 0 bridgehead atoms. The van der Waals surface area contributed by atoms with Gasteiger partial charge in [0.05, 0.1) is 29.6 Å². The van der Waals surface area contributed by atoms with Crippen LogP contribution in [0.4, 0.5) is 0 Å². The first-order valence-corrected chi connectivity index (χ1v) is 7.69. The molecule has 0 unspecified atom stereocenters. The molecule has 2 aromatic rings. The van der Waals surface area contributed by atoms with E-state index in [1.165, 1.54) is 5.69 Å². The van der Waals surface area contributed by atoms with Gasteiger partial charge in [-0.3, -0.25) is 9.36 Å². The molecule has 0 radical (unpaired) electrons. The van der Waals surface area contributed by atoms with Crippen molar-refractivity contribution in [3.8, 4) is 6.07 Å². The first-order chi connectivity index (χ1) is 10.5. The summed E-state index contributed by atoms with van der Waals surface area (Å²) >= 11 is 0. The van der Waals surface area contributed by atoms with E-state index in [2.05, 4.69) is 29.3 Å². The molecule has 0 aromatic carbocycles. The molecule has 22 heavy (non-hydrogen) atoms. The fourth-order valence-corrected chi connectivity index (χ4v) is 2.32. The molecule has 0 aliphatic carbocycles. The topological polar surface area (TPSA) is 85.5 Å². The average molecular weight is 302 g/mol. The average Bonchev–Trinajstić information content (AvgIpc) is 3.02. The number of aryl methyl sites for hydroxylation is 4. The maximum Gasteiger partial charge on any atom is 0.0771 e. The zero-order valence-corrected chi connectivity index (χ0v) is 14.0. The summed E-state index contributed by atoms with van der Waals surface area (Å²) in [5.41, 5.74) is 9.76. The first-order valence-electron chi connectivity index (χ1n) is 7.69. The summed E-state index contributed by atoms with van der Waals surface area (Å²) in [6.45, 7) is 10.5. The van der Waals surface area contributed by atoms with Gasteiger partial charge in [0.2, 0.25) is 0 Å². The number of hydrogen-bond donors (Lipinski definition) is 1. The summed E-state index contributed by atoms with van der Waals surface area (Å²) in [6.07, 6.45) is 1.38. The molecule has 2 aromatic heterocycles. The summed E-state index contributed by atoms with van der Waals surface area (Å²) in [4.78, 5) is 0. The number of aromatic nitrogens is 4. The maximum absolute atomic E-state index is 8.46. The molecule has 2 N–H and O–H groups in total. The van der Waals surface area contributed by atoms with Crippen LogP contribution in [0.5, 0.6) is 0 Å². The van der Waals surface area contributed by atoms with Crippen molar-refractivity contribution in [1.82, 2.24) is 19.6 Å². The van der Waals surface area contributed by atoms with Crippen molar-refractivity contribution in [1.29, 1.82) is 5.26 Å². The van der Waals surface area contributed by atoms with Crippen LogP contribution in [0.25, 0.3) is 0 Å². The molecule has 0 aliphatic heterocycles. The van der Waals surface area contributed by atoms with Crippen LogP contribution in [0.1, 0.15) is 36.6 Å². The van der Waals surface area contributed by atoms with Gasteiger partial charge in [-0.25, -0.2) is 0 Å². The molecule has 0 amide bonds. The lowest BCUT2D eigenvalue weighted by atomic mass is 10.3. The highest BCUT2D eigenvalue weighted by molar-refractivity contribution is 5.12. The Bertz CT molecular complexity index is 616. The van der Waals surface area contributed by atoms with Crippen LogP contribution in [-0.4, -0.2) is 26.1 Å². The van der Waals surface area contributed by atoms with Gasteiger partial charge in [-0.05, 0) is 46.4 Å². The lowest BCUT2D eigenvalue weighted by molar-refractivity contribution is 0.616. The molecular formula is C16H26N6. The molecule has 0 saturated heterocycles. The minimum absolute atomic E-state index is 0.453. The molecule has 2 heterocycles. The van der Waals surface area contributed by atoms with E-state index < -0.39 is 0 Å². The summed E-state index contributed by atoms with van der Waals surface area (Å²) < 4.78 is 3.86. The monoisotopic (exact) mass is 302 g/mol. The van der Waals surface area contributed by atoms with Crippen molar-refractivity contribution < 1.29 is 0 Å². The zero-order chi connectivity index (χ0) is 16.5. The lowest BCUT2D eigenvalue weighted by Gasteiger charge is -2.00. The Balaban J connectivity index is 0.000000220. The predicted molar refractivity (Wildman–Crippen MR) is 87.4 cm³/mol. The van der Waals surface area contributed by atoms with Gasteiger partial charge in [0, 0.05) is 25.2 Å². The third-order valence-corrected chi connectivity index (χ3v) is 3.23. The number of nitriles is 1. The van der Waals surface area contributed by atoms with Crippen LogP contribution in [0.15, 0.2) is 12.1 Å². The highest BCUT2D eigenvalue weighted by atomic mass is 15.3. The quantitative estimate of drug-likeness (QED) is 0.915.